The van der Waals surface area contributed by atoms with Gasteiger partial charge in [-0.2, -0.15) is 0 Å². The molecule has 18 heavy (non-hydrogen) atoms. The normalized spacial score (nSPS) is 10.9. The van der Waals surface area contributed by atoms with Crippen LogP contribution in [0.2, 0.25) is 5.02 Å². The highest BCUT2D eigenvalue weighted by atomic mass is 35.5. The van der Waals surface area contributed by atoms with Gasteiger partial charge in [0.15, 0.2) is 11.5 Å². The molecule has 0 bridgehead atoms. The monoisotopic (exact) mass is 270 g/mol. The number of hydrogen-bond acceptors (Lipinski definition) is 2. The SMILES string of the molecule is CCCc1c(O)c(O)c(Cl)c(CCC)c1CCC. The fraction of sp³-hybridized carbons (Fsp3) is 0.600. The zero-order chi connectivity index (χ0) is 13.7. The van der Waals surface area contributed by atoms with Crippen LogP contribution in [0.5, 0.6) is 11.5 Å². The minimum atomic E-state index is -0.150. The van der Waals surface area contributed by atoms with Gasteiger partial charge in [-0.1, -0.05) is 51.6 Å². The quantitative estimate of drug-likeness (QED) is 0.741. The van der Waals surface area contributed by atoms with Gasteiger partial charge < -0.3 is 10.2 Å². The molecule has 2 nitrogen and oxygen atoms in total. The van der Waals surface area contributed by atoms with Crippen LogP contribution in [0.15, 0.2) is 0 Å². The average Bonchev–Trinajstić information content (AvgIpc) is 2.36. The first kappa shape index (κ1) is 15.2. The molecule has 0 fully saturated rings. The van der Waals surface area contributed by atoms with Gasteiger partial charge in [-0.25, -0.2) is 0 Å². The summed E-state index contributed by atoms with van der Waals surface area (Å²) in [4.78, 5) is 0. The van der Waals surface area contributed by atoms with Crippen molar-refractivity contribution in [2.75, 3.05) is 0 Å². The van der Waals surface area contributed by atoms with Gasteiger partial charge in [0.25, 0.3) is 0 Å². The summed E-state index contributed by atoms with van der Waals surface area (Å²) in [6.07, 6.45) is 5.46. The minimum absolute atomic E-state index is 0.0230. The molecule has 0 saturated heterocycles. The van der Waals surface area contributed by atoms with E-state index >= 15 is 0 Å². The molecular formula is C15H23ClO2. The molecule has 0 saturated carbocycles. The van der Waals surface area contributed by atoms with Crippen molar-refractivity contribution in [3.05, 3.63) is 21.7 Å². The molecule has 0 spiro atoms. The van der Waals surface area contributed by atoms with E-state index in [4.69, 9.17) is 11.6 Å². The Morgan fingerprint density at radius 3 is 1.67 bits per heavy atom. The van der Waals surface area contributed by atoms with E-state index in [1.165, 1.54) is 0 Å². The van der Waals surface area contributed by atoms with E-state index in [1.807, 2.05) is 0 Å². The predicted octanol–water partition coefficient (Wildman–Crippen LogP) is 4.61. The van der Waals surface area contributed by atoms with Crippen LogP contribution in [0.1, 0.15) is 56.7 Å². The Hall–Kier alpha value is -0.890. The van der Waals surface area contributed by atoms with Gasteiger partial charge in [0, 0.05) is 5.56 Å². The molecule has 3 heteroatoms. The van der Waals surface area contributed by atoms with Crippen LogP contribution >= 0.6 is 11.6 Å². The maximum atomic E-state index is 10.1. The summed E-state index contributed by atoms with van der Waals surface area (Å²) >= 11 is 6.18. The first-order valence-corrected chi connectivity index (χ1v) is 7.20. The predicted molar refractivity (Wildman–Crippen MR) is 76.8 cm³/mol. The van der Waals surface area contributed by atoms with E-state index in [0.29, 0.717) is 5.02 Å². The molecule has 0 heterocycles. The Morgan fingerprint density at radius 1 is 0.722 bits per heavy atom. The summed E-state index contributed by atoms with van der Waals surface area (Å²) in [5, 5.41) is 20.3. The minimum Gasteiger partial charge on any atom is -0.504 e. The fourth-order valence-electron chi connectivity index (χ4n) is 2.43. The Balaban J connectivity index is 3.46. The number of aromatic hydroxyl groups is 2. The van der Waals surface area contributed by atoms with E-state index in [-0.39, 0.29) is 11.5 Å². The lowest BCUT2D eigenvalue weighted by Gasteiger charge is -2.19. The molecule has 0 aliphatic carbocycles. The molecule has 1 aromatic carbocycles. The number of rotatable bonds is 6. The van der Waals surface area contributed by atoms with E-state index in [1.54, 1.807) is 0 Å². The Bertz CT molecular complexity index is 380. The third-order valence-corrected chi connectivity index (χ3v) is 3.62. The lowest BCUT2D eigenvalue weighted by molar-refractivity contribution is 0.397. The van der Waals surface area contributed by atoms with Crippen LogP contribution in [-0.2, 0) is 19.3 Å². The summed E-state index contributed by atoms with van der Waals surface area (Å²) in [6, 6.07) is 0. The highest BCUT2D eigenvalue weighted by molar-refractivity contribution is 6.33. The summed E-state index contributed by atoms with van der Waals surface area (Å²) < 4.78 is 0. The highest BCUT2D eigenvalue weighted by Crippen LogP contribution is 2.43. The number of hydrogen-bond donors (Lipinski definition) is 2. The average molecular weight is 271 g/mol. The standard InChI is InChI=1S/C15H23ClO2/c1-4-7-10-11(8-5-2)13(16)15(18)14(17)12(10)9-6-3/h17-18H,4-9H2,1-3H3. The van der Waals surface area contributed by atoms with Gasteiger partial charge in [0.05, 0.1) is 5.02 Å². The van der Waals surface area contributed by atoms with E-state index in [0.717, 1.165) is 55.2 Å². The molecule has 2 N–H and O–H groups in total. The Labute approximate surface area is 115 Å². The van der Waals surface area contributed by atoms with Crippen molar-refractivity contribution in [2.24, 2.45) is 0 Å². The first-order valence-electron chi connectivity index (χ1n) is 6.82. The Kier molecular flexibility index (Phi) is 5.80. The molecule has 0 aliphatic rings. The van der Waals surface area contributed by atoms with Crippen LogP contribution in [0, 0.1) is 0 Å². The van der Waals surface area contributed by atoms with Crippen LogP contribution in [0.3, 0.4) is 0 Å². The number of halogens is 1. The lowest BCUT2D eigenvalue weighted by Crippen LogP contribution is -2.03. The van der Waals surface area contributed by atoms with Crippen molar-refractivity contribution >= 4 is 11.6 Å². The highest BCUT2D eigenvalue weighted by Gasteiger charge is 2.20. The second-order valence-corrected chi connectivity index (χ2v) is 5.07. The zero-order valence-electron chi connectivity index (χ0n) is 11.5. The third-order valence-electron chi connectivity index (χ3n) is 3.21. The topological polar surface area (TPSA) is 40.5 Å². The van der Waals surface area contributed by atoms with Gasteiger partial charge in [-0.3, -0.25) is 0 Å². The van der Waals surface area contributed by atoms with E-state index in [9.17, 15) is 10.2 Å². The van der Waals surface area contributed by atoms with Gasteiger partial charge >= 0.3 is 0 Å². The van der Waals surface area contributed by atoms with Crippen LogP contribution < -0.4 is 0 Å². The number of phenolic OH excluding ortho intramolecular Hbond substituents is 2. The van der Waals surface area contributed by atoms with Crippen molar-refractivity contribution < 1.29 is 10.2 Å². The first-order chi connectivity index (χ1) is 8.58. The van der Waals surface area contributed by atoms with Gasteiger partial charge in [-0.15, -0.1) is 0 Å². The lowest BCUT2D eigenvalue weighted by atomic mass is 9.91. The zero-order valence-corrected chi connectivity index (χ0v) is 12.3. The Morgan fingerprint density at radius 2 is 1.17 bits per heavy atom. The molecule has 0 aromatic heterocycles. The van der Waals surface area contributed by atoms with Crippen molar-refractivity contribution in [1.29, 1.82) is 0 Å². The van der Waals surface area contributed by atoms with Crippen LogP contribution in [-0.4, -0.2) is 10.2 Å². The molecule has 0 unspecified atom stereocenters. The second kappa shape index (κ2) is 6.89. The third kappa shape index (κ3) is 2.92. The van der Waals surface area contributed by atoms with Crippen molar-refractivity contribution in [3.8, 4) is 11.5 Å². The molecule has 0 radical (unpaired) electrons. The molecule has 0 aliphatic heterocycles. The van der Waals surface area contributed by atoms with Crippen molar-refractivity contribution in [1.82, 2.24) is 0 Å². The smallest absolute Gasteiger partial charge is 0.177 e. The van der Waals surface area contributed by atoms with Gasteiger partial charge in [-0.05, 0) is 30.4 Å². The molecule has 0 amide bonds. The van der Waals surface area contributed by atoms with Crippen LogP contribution in [0.25, 0.3) is 0 Å². The second-order valence-electron chi connectivity index (χ2n) is 4.70. The maximum absolute atomic E-state index is 10.1. The summed E-state index contributed by atoms with van der Waals surface area (Å²) in [5.41, 5.74) is 3.03. The van der Waals surface area contributed by atoms with Gasteiger partial charge in [0.1, 0.15) is 0 Å². The number of phenols is 2. The fourth-order valence-corrected chi connectivity index (χ4v) is 2.73. The van der Waals surface area contributed by atoms with Gasteiger partial charge in [0.2, 0.25) is 0 Å². The molecular weight excluding hydrogens is 248 g/mol. The summed E-state index contributed by atoms with van der Waals surface area (Å²) in [5.74, 6) is -0.173. The largest absolute Gasteiger partial charge is 0.504 e. The molecule has 0 atom stereocenters. The molecule has 102 valence electrons. The number of benzene rings is 1. The van der Waals surface area contributed by atoms with Crippen LogP contribution in [0.4, 0.5) is 0 Å². The molecule has 1 rings (SSSR count). The van der Waals surface area contributed by atoms with Crippen molar-refractivity contribution in [2.45, 2.75) is 59.3 Å². The van der Waals surface area contributed by atoms with E-state index < -0.39 is 0 Å². The summed E-state index contributed by atoms with van der Waals surface area (Å²) in [7, 11) is 0. The van der Waals surface area contributed by atoms with Crippen molar-refractivity contribution in [3.63, 3.8) is 0 Å². The van der Waals surface area contributed by atoms with E-state index in [2.05, 4.69) is 20.8 Å². The maximum Gasteiger partial charge on any atom is 0.177 e. The summed E-state index contributed by atoms with van der Waals surface area (Å²) in [6.45, 7) is 6.28. The molecule has 1 aromatic rings.